The summed E-state index contributed by atoms with van der Waals surface area (Å²) in [5.74, 6) is 1.15. The van der Waals surface area contributed by atoms with Crippen LogP contribution in [0.4, 0.5) is 0 Å². The standard InChI is InChI=1S/C25H33N3O3.C21H27N3O3/c1-17-8-11-26(12-9-17)25(30)18-6-7-22-20(14-18)21-15-27(19-4-3-5-19)13-10-23(21)28(22)16-24(29)31-2;1-14-6-9-23(10-7-14)21(26)15-3-4-18-16(11-15)17-12-22-8-5-19(17)24(18)13-20(25)27-2/h6-7,14,17,19H,3-5,8-13,15-16H2,1-2H3;3-4,11,14,22H,5-10,12-13H2,1-2H3. The van der Waals surface area contributed by atoms with Gasteiger partial charge < -0.3 is 33.7 Å². The lowest BCUT2D eigenvalue weighted by Gasteiger charge is -2.40. The molecule has 5 aliphatic rings. The molecule has 12 nitrogen and oxygen atoms in total. The van der Waals surface area contributed by atoms with Gasteiger partial charge >= 0.3 is 11.9 Å². The number of nitrogens with zero attached hydrogens (tertiary/aromatic N) is 5. The molecule has 0 atom stereocenters. The van der Waals surface area contributed by atoms with Crippen molar-refractivity contribution in [2.24, 2.45) is 11.8 Å². The summed E-state index contributed by atoms with van der Waals surface area (Å²) < 4.78 is 14.0. The number of rotatable bonds is 7. The number of nitrogens with one attached hydrogen (secondary N) is 1. The Balaban J connectivity index is 0.000000164. The summed E-state index contributed by atoms with van der Waals surface area (Å²) in [4.78, 5) is 56.8. The third-order valence-electron chi connectivity index (χ3n) is 13.7. The molecule has 0 bridgehead atoms. The van der Waals surface area contributed by atoms with Crippen molar-refractivity contribution in [2.75, 3.05) is 53.5 Å². The minimum atomic E-state index is -0.254. The maximum Gasteiger partial charge on any atom is 0.325 e. The summed E-state index contributed by atoms with van der Waals surface area (Å²) in [6, 6.07) is 12.6. The number of carbonyl (C=O) groups is 4. The lowest BCUT2D eigenvalue weighted by molar-refractivity contribution is -0.142. The average molecular weight is 793 g/mol. The highest BCUT2D eigenvalue weighted by Gasteiger charge is 2.32. The van der Waals surface area contributed by atoms with Gasteiger partial charge in [-0.05, 0) is 97.9 Å². The molecule has 2 aromatic carbocycles. The summed E-state index contributed by atoms with van der Waals surface area (Å²) >= 11 is 0. The molecule has 310 valence electrons. The van der Waals surface area contributed by atoms with E-state index in [9.17, 15) is 19.2 Å². The van der Waals surface area contributed by atoms with Gasteiger partial charge in [-0.3, -0.25) is 24.1 Å². The van der Waals surface area contributed by atoms with E-state index in [-0.39, 0.29) is 36.8 Å². The van der Waals surface area contributed by atoms with Crippen LogP contribution in [0.3, 0.4) is 0 Å². The average Bonchev–Trinajstić information content (AvgIpc) is 3.70. The minimum Gasteiger partial charge on any atom is -0.468 e. The molecule has 6 heterocycles. The van der Waals surface area contributed by atoms with Crippen molar-refractivity contribution in [3.05, 3.63) is 70.0 Å². The van der Waals surface area contributed by atoms with Crippen molar-refractivity contribution in [1.29, 1.82) is 0 Å². The van der Waals surface area contributed by atoms with E-state index in [2.05, 4.69) is 34.7 Å². The molecular weight excluding hydrogens is 733 g/mol. The molecule has 1 N–H and O–H groups in total. The van der Waals surface area contributed by atoms with Gasteiger partial charge in [-0.15, -0.1) is 0 Å². The Bertz CT molecular complexity index is 2180. The molecule has 0 unspecified atom stereocenters. The highest BCUT2D eigenvalue weighted by atomic mass is 16.5. The van der Waals surface area contributed by atoms with E-state index in [4.69, 9.17) is 9.47 Å². The highest BCUT2D eigenvalue weighted by Crippen LogP contribution is 2.36. The summed E-state index contributed by atoms with van der Waals surface area (Å²) in [6.07, 6.45) is 10.0. The smallest absolute Gasteiger partial charge is 0.325 e. The molecule has 58 heavy (non-hydrogen) atoms. The first-order chi connectivity index (χ1) is 28.1. The van der Waals surface area contributed by atoms with Crippen molar-refractivity contribution in [2.45, 2.75) is 104 Å². The van der Waals surface area contributed by atoms with Crippen molar-refractivity contribution in [3.63, 3.8) is 0 Å². The number of esters is 2. The normalized spacial score (nSPS) is 19.2. The van der Waals surface area contributed by atoms with Gasteiger partial charge in [0.25, 0.3) is 11.8 Å². The Labute approximate surface area is 341 Å². The molecule has 2 saturated heterocycles. The molecule has 2 aromatic heterocycles. The van der Waals surface area contributed by atoms with Gasteiger partial charge in [0.15, 0.2) is 0 Å². The Morgan fingerprint density at radius 1 is 0.655 bits per heavy atom. The molecule has 1 saturated carbocycles. The Kier molecular flexibility index (Phi) is 11.9. The molecule has 1 aliphatic carbocycles. The topological polar surface area (TPSA) is 118 Å². The number of aromatic nitrogens is 2. The Hall–Kier alpha value is -4.68. The van der Waals surface area contributed by atoms with Crippen LogP contribution < -0.4 is 5.32 Å². The number of amides is 2. The van der Waals surface area contributed by atoms with Crippen LogP contribution in [0.2, 0.25) is 0 Å². The number of fused-ring (bicyclic) bond motifs is 6. The van der Waals surface area contributed by atoms with Crippen LogP contribution in [-0.4, -0.2) is 107 Å². The van der Waals surface area contributed by atoms with E-state index in [1.165, 1.54) is 56.0 Å². The first kappa shape index (κ1) is 40.1. The maximum atomic E-state index is 13.2. The SMILES string of the molecule is COC(=O)Cn1c2c(c3cc(C(=O)N4CCC(C)CC4)ccc31)CN(C1CCC1)CC2.COC(=O)Cn1c2c(c3cc(C(=O)N4CCC(C)CC4)ccc31)CNCC2. The van der Waals surface area contributed by atoms with E-state index in [1.54, 1.807) is 0 Å². The molecular formula is C46H60N6O6. The van der Waals surface area contributed by atoms with Gasteiger partial charge in [-0.25, -0.2) is 0 Å². The first-order valence-corrected chi connectivity index (χ1v) is 21.6. The van der Waals surface area contributed by atoms with E-state index >= 15 is 0 Å². The zero-order valence-electron chi connectivity index (χ0n) is 34.8. The number of piperidine rings is 2. The Morgan fingerprint density at radius 3 is 1.64 bits per heavy atom. The second-order valence-electron chi connectivity index (χ2n) is 17.3. The van der Waals surface area contributed by atoms with Crippen LogP contribution in [0, 0.1) is 11.8 Å². The molecule has 12 heteroatoms. The second-order valence-corrected chi connectivity index (χ2v) is 17.3. The van der Waals surface area contributed by atoms with Crippen molar-refractivity contribution in [3.8, 4) is 0 Å². The first-order valence-electron chi connectivity index (χ1n) is 21.6. The number of likely N-dealkylation sites (tertiary alicyclic amines) is 2. The van der Waals surface area contributed by atoms with Crippen molar-refractivity contribution in [1.82, 2.24) is 29.2 Å². The Morgan fingerprint density at radius 2 is 1.16 bits per heavy atom. The fourth-order valence-electron chi connectivity index (χ4n) is 9.72. The number of benzene rings is 2. The second kappa shape index (κ2) is 17.3. The summed E-state index contributed by atoms with van der Waals surface area (Å²) in [5, 5.41) is 5.60. The fourth-order valence-corrected chi connectivity index (χ4v) is 9.72. The predicted molar refractivity (Wildman–Crippen MR) is 224 cm³/mol. The van der Waals surface area contributed by atoms with Crippen LogP contribution in [-0.2, 0) is 58.1 Å². The number of ether oxygens (including phenoxy) is 2. The predicted octanol–water partition coefficient (Wildman–Crippen LogP) is 5.93. The van der Waals surface area contributed by atoms with E-state index in [1.807, 2.05) is 44.7 Å². The fraction of sp³-hybridized carbons (Fsp3) is 0.565. The molecule has 4 aromatic rings. The largest absolute Gasteiger partial charge is 0.468 e. The van der Waals surface area contributed by atoms with E-state index < -0.39 is 0 Å². The van der Waals surface area contributed by atoms with Crippen LogP contribution in [0.1, 0.15) is 102 Å². The molecule has 4 aliphatic heterocycles. The van der Waals surface area contributed by atoms with E-state index in [0.29, 0.717) is 17.9 Å². The summed E-state index contributed by atoms with van der Waals surface area (Å²) in [6.45, 7) is 11.9. The lowest BCUT2D eigenvalue weighted by Crippen LogP contribution is -2.43. The molecule has 0 radical (unpaired) electrons. The quantitative estimate of drug-likeness (QED) is 0.229. The number of hydrogen-bond acceptors (Lipinski definition) is 8. The van der Waals surface area contributed by atoms with Gasteiger partial charge in [0.1, 0.15) is 13.1 Å². The van der Waals surface area contributed by atoms with Gasteiger partial charge in [-0.1, -0.05) is 20.3 Å². The van der Waals surface area contributed by atoms with Crippen molar-refractivity contribution >= 4 is 45.6 Å². The zero-order chi connectivity index (χ0) is 40.5. The molecule has 3 fully saturated rings. The number of methoxy groups -OCH3 is 2. The van der Waals surface area contributed by atoms with Crippen LogP contribution in [0.25, 0.3) is 21.8 Å². The van der Waals surface area contributed by atoms with Gasteiger partial charge in [0.05, 0.1) is 14.2 Å². The molecule has 9 rings (SSSR count). The van der Waals surface area contributed by atoms with Crippen molar-refractivity contribution < 1.29 is 28.7 Å². The third-order valence-corrected chi connectivity index (χ3v) is 13.7. The van der Waals surface area contributed by atoms with Gasteiger partial charge in [-0.2, -0.15) is 0 Å². The number of hydrogen-bond donors (Lipinski definition) is 1. The molecule has 0 spiro atoms. The minimum absolute atomic E-state index is 0.113. The summed E-state index contributed by atoms with van der Waals surface area (Å²) in [7, 11) is 2.85. The highest BCUT2D eigenvalue weighted by molar-refractivity contribution is 6.00. The molecule has 2 amide bonds. The van der Waals surface area contributed by atoms with Crippen LogP contribution >= 0.6 is 0 Å². The number of carbonyl (C=O) groups excluding carboxylic acids is 4. The summed E-state index contributed by atoms with van der Waals surface area (Å²) in [5.41, 5.74) is 8.42. The van der Waals surface area contributed by atoms with Crippen LogP contribution in [0.5, 0.6) is 0 Å². The lowest BCUT2D eigenvalue weighted by atomic mass is 9.89. The van der Waals surface area contributed by atoms with Gasteiger partial charge in [0, 0.05) is 116 Å². The third kappa shape index (κ3) is 8.02. The zero-order valence-corrected chi connectivity index (χ0v) is 34.8. The van der Waals surface area contributed by atoms with Crippen LogP contribution in [0.15, 0.2) is 36.4 Å². The van der Waals surface area contributed by atoms with Gasteiger partial charge in [0.2, 0.25) is 0 Å². The maximum absolute atomic E-state index is 13.2. The monoisotopic (exact) mass is 792 g/mol. The van der Waals surface area contributed by atoms with E-state index in [0.717, 1.165) is 124 Å².